The van der Waals surface area contributed by atoms with Crippen LogP contribution in [0.3, 0.4) is 0 Å². The standard InChI is InChI=1S/C21H23ClN2O5/c1-10-3-6-14(22)8-15(10)23-16(25)9-29-21(28)11(2)24-19(26)17-12-4-5-13(7-12)18(17)20(24)27/h3,6,8,11-13,17-18H,4-5,7,9H2,1-2H3,(H,23,25)/t11-,12-,13+,17+,18+/m1/s1. The van der Waals surface area contributed by atoms with Gasteiger partial charge in [0.05, 0.1) is 11.8 Å². The fourth-order valence-electron chi connectivity index (χ4n) is 5.09. The summed E-state index contributed by atoms with van der Waals surface area (Å²) in [5.41, 5.74) is 1.34. The number of carbonyl (C=O) groups excluding carboxylic acids is 4. The predicted molar refractivity (Wildman–Crippen MR) is 105 cm³/mol. The summed E-state index contributed by atoms with van der Waals surface area (Å²) in [6, 6.07) is 4.04. The molecular weight excluding hydrogens is 396 g/mol. The van der Waals surface area contributed by atoms with Crippen LogP contribution in [0.4, 0.5) is 5.69 Å². The van der Waals surface area contributed by atoms with Gasteiger partial charge in [-0.2, -0.15) is 0 Å². The summed E-state index contributed by atoms with van der Waals surface area (Å²) < 4.78 is 5.08. The highest BCUT2D eigenvalue weighted by atomic mass is 35.5. The molecule has 1 aromatic rings. The molecule has 0 aromatic heterocycles. The van der Waals surface area contributed by atoms with Gasteiger partial charge in [-0.1, -0.05) is 17.7 Å². The Morgan fingerprint density at radius 1 is 1.21 bits per heavy atom. The predicted octanol–water partition coefficient (Wildman–Crippen LogP) is 2.55. The van der Waals surface area contributed by atoms with Crippen molar-refractivity contribution in [3.63, 3.8) is 0 Å². The van der Waals surface area contributed by atoms with Gasteiger partial charge < -0.3 is 10.1 Å². The fraction of sp³-hybridized carbons (Fsp3) is 0.524. The molecule has 7 nitrogen and oxygen atoms in total. The number of nitrogens with zero attached hydrogens (tertiary/aromatic N) is 1. The van der Waals surface area contributed by atoms with Crippen LogP contribution in [0.2, 0.25) is 5.02 Å². The van der Waals surface area contributed by atoms with Gasteiger partial charge in [-0.25, -0.2) is 4.79 Å². The minimum absolute atomic E-state index is 0.251. The van der Waals surface area contributed by atoms with E-state index in [2.05, 4.69) is 5.32 Å². The van der Waals surface area contributed by atoms with Gasteiger partial charge in [-0.15, -0.1) is 0 Å². The van der Waals surface area contributed by atoms with Gasteiger partial charge in [0.15, 0.2) is 6.61 Å². The lowest BCUT2D eigenvalue weighted by atomic mass is 9.81. The van der Waals surface area contributed by atoms with Crippen LogP contribution in [-0.2, 0) is 23.9 Å². The van der Waals surface area contributed by atoms with Gasteiger partial charge in [0, 0.05) is 10.7 Å². The molecule has 1 N–H and O–H groups in total. The minimum atomic E-state index is -1.04. The number of anilines is 1. The van der Waals surface area contributed by atoms with Crippen molar-refractivity contribution in [2.75, 3.05) is 11.9 Å². The second kappa shape index (κ2) is 7.44. The molecule has 8 heteroatoms. The normalized spacial score (nSPS) is 28.4. The first kappa shape index (κ1) is 19.9. The van der Waals surface area contributed by atoms with E-state index in [1.165, 1.54) is 6.92 Å². The van der Waals surface area contributed by atoms with Crippen molar-refractivity contribution in [2.24, 2.45) is 23.7 Å². The van der Waals surface area contributed by atoms with Crippen molar-refractivity contribution in [3.8, 4) is 0 Å². The molecule has 2 bridgehead atoms. The van der Waals surface area contributed by atoms with E-state index in [1.807, 2.05) is 6.92 Å². The van der Waals surface area contributed by atoms with Crippen molar-refractivity contribution >= 4 is 41.0 Å². The van der Waals surface area contributed by atoms with Crippen LogP contribution in [0, 0.1) is 30.6 Å². The van der Waals surface area contributed by atoms with E-state index in [9.17, 15) is 19.2 Å². The van der Waals surface area contributed by atoms with E-state index in [4.69, 9.17) is 16.3 Å². The number of imide groups is 1. The van der Waals surface area contributed by atoms with Crippen molar-refractivity contribution in [2.45, 2.75) is 39.2 Å². The number of esters is 1. The van der Waals surface area contributed by atoms with Gasteiger partial charge in [0.1, 0.15) is 6.04 Å². The zero-order chi connectivity index (χ0) is 20.9. The van der Waals surface area contributed by atoms with Crippen LogP contribution in [0.25, 0.3) is 0 Å². The van der Waals surface area contributed by atoms with Gasteiger partial charge in [-0.05, 0) is 62.6 Å². The van der Waals surface area contributed by atoms with Crippen LogP contribution in [0.15, 0.2) is 18.2 Å². The smallest absolute Gasteiger partial charge is 0.329 e. The number of amides is 3. The van der Waals surface area contributed by atoms with Crippen LogP contribution in [0.1, 0.15) is 31.7 Å². The molecule has 3 fully saturated rings. The molecule has 2 saturated carbocycles. The van der Waals surface area contributed by atoms with Gasteiger partial charge in [0.2, 0.25) is 11.8 Å². The number of aryl methyl sites for hydroxylation is 1. The highest BCUT2D eigenvalue weighted by molar-refractivity contribution is 6.31. The molecule has 4 rings (SSSR count). The number of carbonyl (C=O) groups is 4. The molecule has 1 aromatic carbocycles. The number of likely N-dealkylation sites (tertiary alicyclic amines) is 1. The van der Waals surface area contributed by atoms with Crippen LogP contribution in [-0.4, -0.2) is 41.2 Å². The monoisotopic (exact) mass is 418 g/mol. The van der Waals surface area contributed by atoms with Crippen molar-refractivity contribution in [1.29, 1.82) is 0 Å². The maximum Gasteiger partial charge on any atom is 0.329 e. The third kappa shape index (κ3) is 3.41. The first-order valence-corrected chi connectivity index (χ1v) is 10.2. The lowest BCUT2D eigenvalue weighted by Crippen LogP contribution is -2.45. The Hall–Kier alpha value is -2.41. The lowest BCUT2D eigenvalue weighted by Gasteiger charge is -2.23. The average Bonchev–Trinajstić information content (AvgIpc) is 3.36. The SMILES string of the molecule is Cc1ccc(Cl)cc1NC(=O)COC(=O)[C@@H](C)N1C(=O)[C@H]2[C@@H]3CC[C@@H](C3)[C@@H]2C1=O. The summed E-state index contributed by atoms with van der Waals surface area (Å²) in [6.45, 7) is 2.78. The maximum atomic E-state index is 12.8. The maximum absolute atomic E-state index is 12.8. The summed E-state index contributed by atoms with van der Waals surface area (Å²) >= 11 is 5.93. The number of rotatable bonds is 5. The number of ether oxygens (including phenoxy) is 1. The van der Waals surface area contributed by atoms with Crippen LogP contribution < -0.4 is 5.32 Å². The first-order valence-electron chi connectivity index (χ1n) is 9.87. The minimum Gasteiger partial charge on any atom is -0.454 e. The molecular formula is C21H23ClN2O5. The van der Waals surface area contributed by atoms with Crippen molar-refractivity contribution in [1.82, 2.24) is 4.90 Å². The van der Waals surface area contributed by atoms with E-state index in [-0.39, 0.29) is 35.5 Å². The summed E-state index contributed by atoms with van der Waals surface area (Å²) in [6.07, 6.45) is 2.88. The summed E-state index contributed by atoms with van der Waals surface area (Å²) in [5, 5.41) is 3.11. The molecule has 0 unspecified atom stereocenters. The van der Waals surface area contributed by atoms with Gasteiger partial charge in [-0.3, -0.25) is 19.3 Å². The Morgan fingerprint density at radius 3 is 2.45 bits per heavy atom. The summed E-state index contributed by atoms with van der Waals surface area (Å²) in [7, 11) is 0. The molecule has 1 heterocycles. The van der Waals surface area contributed by atoms with Crippen molar-refractivity contribution < 1.29 is 23.9 Å². The zero-order valence-electron chi connectivity index (χ0n) is 16.3. The second-order valence-corrected chi connectivity index (χ2v) is 8.66. The fourth-order valence-corrected chi connectivity index (χ4v) is 5.26. The van der Waals surface area contributed by atoms with Crippen molar-refractivity contribution in [3.05, 3.63) is 28.8 Å². The molecule has 1 aliphatic heterocycles. The molecule has 1 saturated heterocycles. The Bertz CT molecular complexity index is 873. The van der Waals surface area contributed by atoms with Crippen LogP contribution >= 0.6 is 11.6 Å². The van der Waals surface area contributed by atoms with Crippen LogP contribution in [0.5, 0.6) is 0 Å². The largest absolute Gasteiger partial charge is 0.454 e. The molecule has 154 valence electrons. The third-order valence-electron chi connectivity index (χ3n) is 6.51. The Labute approximate surface area is 173 Å². The Balaban J connectivity index is 1.35. The lowest BCUT2D eigenvalue weighted by molar-refractivity contribution is -0.159. The zero-order valence-corrected chi connectivity index (χ0v) is 17.1. The number of hydrogen-bond acceptors (Lipinski definition) is 5. The number of fused-ring (bicyclic) bond motifs is 5. The van der Waals surface area contributed by atoms with E-state index in [0.717, 1.165) is 29.7 Å². The highest BCUT2D eigenvalue weighted by Gasteiger charge is 2.62. The second-order valence-electron chi connectivity index (χ2n) is 8.22. The average molecular weight is 419 g/mol. The molecule has 0 radical (unpaired) electrons. The van der Waals surface area contributed by atoms with E-state index in [1.54, 1.807) is 18.2 Å². The number of hydrogen-bond donors (Lipinski definition) is 1. The Morgan fingerprint density at radius 2 is 1.83 bits per heavy atom. The van der Waals surface area contributed by atoms with E-state index >= 15 is 0 Å². The number of benzene rings is 1. The Kier molecular flexibility index (Phi) is 5.11. The molecule has 0 spiro atoms. The summed E-state index contributed by atoms with van der Waals surface area (Å²) in [5.74, 6) is -1.90. The van der Waals surface area contributed by atoms with E-state index < -0.39 is 24.5 Å². The quantitative estimate of drug-likeness (QED) is 0.586. The first-order chi connectivity index (χ1) is 13.8. The number of nitrogens with one attached hydrogen (secondary N) is 1. The summed E-state index contributed by atoms with van der Waals surface area (Å²) in [4.78, 5) is 51.2. The van der Waals surface area contributed by atoms with Gasteiger partial charge in [0.25, 0.3) is 5.91 Å². The third-order valence-corrected chi connectivity index (χ3v) is 6.74. The topological polar surface area (TPSA) is 92.8 Å². The molecule has 3 aliphatic rings. The molecule has 29 heavy (non-hydrogen) atoms. The van der Waals surface area contributed by atoms with E-state index in [0.29, 0.717) is 10.7 Å². The number of halogens is 1. The highest BCUT2D eigenvalue weighted by Crippen LogP contribution is 2.56. The molecule has 5 atom stereocenters. The molecule has 3 amide bonds. The molecule has 2 aliphatic carbocycles. The van der Waals surface area contributed by atoms with Gasteiger partial charge >= 0.3 is 5.97 Å².